The summed E-state index contributed by atoms with van der Waals surface area (Å²) in [7, 11) is 0. The topological polar surface area (TPSA) is 57.6 Å². The maximum atomic E-state index is 11.8. The Balaban J connectivity index is 3.15. The monoisotopic (exact) mass is 255 g/mol. The molecule has 1 heterocycles. The molecule has 4 heteroatoms. The molecule has 1 rings (SSSR count). The lowest BCUT2D eigenvalue weighted by Gasteiger charge is -2.53. The van der Waals surface area contributed by atoms with Crippen LogP contribution in [0, 0.1) is 5.41 Å². The number of Topliss-reactive ketones (excluding diaryl/α,β-unsaturated/α-hetero) is 1. The quantitative estimate of drug-likeness (QED) is 0.841. The van der Waals surface area contributed by atoms with Gasteiger partial charge in [0, 0.05) is 19.4 Å². The van der Waals surface area contributed by atoms with Crippen LogP contribution in [0.5, 0.6) is 0 Å². The first-order chi connectivity index (χ1) is 8.24. The lowest BCUT2D eigenvalue weighted by Crippen LogP contribution is -2.62. The normalized spacial score (nSPS) is 25.3. The van der Waals surface area contributed by atoms with Gasteiger partial charge in [0.25, 0.3) is 0 Å². The van der Waals surface area contributed by atoms with Gasteiger partial charge in [-0.15, -0.1) is 0 Å². The van der Waals surface area contributed by atoms with E-state index in [0.717, 1.165) is 19.3 Å². The summed E-state index contributed by atoms with van der Waals surface area (Å²) in [6.07, 6.45) is 2.56. The van der Waals surface area contributed by atoms with Crippen molar-refractivity contribution in [2.24, 2.45) is 5.41 Å². The van der Waals surface area contributed by atoms with Crippen LogP contribution in [0.4, 0.5) is 4.79 Å². The zero-order valence-corrected chi connectivity index (χ0v) is 12.0. The summed E-state index contributed by atoms with van der Waals surface area (Å²) in [6, 6.07) is 0. The third-order valence-corrected chi connectivity index (χ3v) is 4.19. The van der Waals surface area contributed by atoms with Crippen LogP contribution in [0.2, 0.25) is 0 Å². The number of piperidine rings is 1. The number of likely N-dealkylation sites (tertiary alicyclic amines) is 1. The molecule has 0 bridgehead atoms. The van der Waals surface area contributed by atoms with Gasteiger partial charge in [0.1, 0.15) is 5.78 Å². The minimum absolute atomic E-state index is 0.193. The average Bonchev–Trinajstić information content (AvgIpc) is 2.24. The number of hydrogen-bond donors (Lipinski definition) is 1. The van der Waals surface area contributed by atoms with Crippen LogP contribution >= 0.6 is 0 Å². The van der Waals surface area contributed by atoms with E-state index in [1.165, 1.54) is 4.90 Å². The molecule has 1 saturated heterocycles. The summed E-state index contributed by atoms with van der Waals surface area (Å²) in [6.45, 7) is 8.55. The van der Waals surface area contributed by atoms with E-state index in [2.05, 4.69) is 6.92 Å². The van der Waals surface area contributed by atoms with Crippen LogP contribution in [-0.2, 0) is 4.79 Å². The van der Waals surface area contributed by atoms with Crippen molar-refractivity contribution in [3.63, 3.8) is 0 Å². The summed E-state index contributed by atoms with van der Waals surface area (Å²) in [5.74, 6) is 0.193. The Kier molecular flexibility index (Phi) is 4.41. The van der Waals surface area contributed by atoms with Gasteiger partial charge in [0.05, 0.1) is 5.54 Å². The molecule has 1 atom stereocenters. The van der Waals surface area contributed by atoms with Crippen molar-refractivity contribution in [3.8, 4) is 0 Å². The maximum absolute atomic E-state index is 11.8. The average molecular weight is 255 g/mol. The molecule has 0 aromatic rings. The van der Waals surface area contributed by atoms with Gasteiger partial charge >= 0.3 is 6.09 Å². The first-order valence-corrected chi connectivity index (χ1v) is 6.77. The Labute approximate surface area is 109 Å². The molecule has 18 heavy (non-hydrogen) atoms. The van der Waals surface area contributed by atoms with Gasteiger partial charge in [-0.3, -0.25) is 4.79 Å². The molecule has 0 aromatic heterocycles. The van der Waals surface area contributed by atoms with E-state index in [1.807, 2.05) is 20.8 Å². The summed E-state index contributed by atoms with van der Waals surface area (Å²) in [5, 5.41) is 9.44. The lowest BCUT2D eigenvalue weighted by atomic mass is 9.65. The Morgan fingerprint density at radius 2 is 2.06 bits per heavy atom. The van der Waals surface area contributed by atoms with Crippen molar-refractivity contribution in [3.05, 3.63) is 0 Å². The van der Waals surface area contributed by atoms with Crippen molar-refractivity contribution in [1.29, 1.82) is 0 Å². The SMILES string of the molecule is CCCCC1(C(C)(C)C)CC(=O)CCN1C(=O)O. The first kappa shape index (κ1) is 15.0. The van der Waals surface area contributed by atoms with Crippen LogP contribution in [0.15, 0.2) is 0 Å². The largest absolute Gasteiger partial charge is 0.465 e. The molecule has 0 saturated carbocycles. The Hall–Kier alpha value is -1.06. The van der Waals surface area contributed by atoms with E-state index in [-0.39, 0.29) is 11.2 Å². The first-order valence-electron chi connectivity index (χ1n) is 6.77. The third kappa shape index (κ3) is 2.68. The highest BCUT2D eigenvalue weighted by molar-refractivity contribution is 5.83. The molecule has 1 fully saturated rings. The number of carboxylic acid groups (broad SMARTS) is 1. The number of amides is 1. The highest BCUT2D eigenvalue weighted by atomic mass is 16.4. The van der Waals surface area contributed by atoms with Crippen molar-refractivity contribution >= 4 is 11.9 Å². The van der Waals surface area contributed by atoms with Crippen molar-refractivity contribution in [2.75, 3.05) is 6.54 Å². The van der Waals surface area contributed by atoms with Crippen molar-refractivity contribution in [1.82, 2.24) is 4.90 Å². The molecule has 1 N–H and O–H groups in total. The number of hydrogen-bond acceptors (Lipinski definition) is 2. The van der Waals surface area contributed by atoms with Gasteiger partial charge in [-0.2, -0.15) is 0 Å². The van der Waals surface area contributed by atoms with Crippen molar-refractivity contribution < 1.29 is 14.7 Å². The molecule has 1 aliphatic rings. The molecule has 1 amide bonds. The molecule has 0 spiro atoms. The van der Waals surface area contributed by atoms with E-state index in [0.29, 0.717) is 19.4 Å². The zero-order chi connectivity index (χ0) is 14.0. The molecule has 1 unspecified atom stereocenters. The van der Waals surface area contributed by atoms with Crippen LogP contribution in [0.1, 0.15) is 59.8 Å². The Morgan fingerprint density at radius 1 is 1.44 bits per heavy atom. The fourth-order valence-corrected chi connectivity index (χ4v) is 2.98. The second kappa shape index (κ2) is 5.29. The summed E-state index contributed by atoms with van der Waals surface area (Å²) < 4.78 is 0. The molecule has 1 aliphatic heterocycles. The van der Waals surface area contributed by atoms with Gasteiger partial charge < -0.3 is 10.0 Å². The number of ketones is 1. The predicted octanol–water partition coefficient (Wildman–Crippen LogP) is 3.30. The highest BCUT2D eigenvalue weighted by Gasteiger charge is 2.51. The minimum atomic E-state index is -0.895. The predicted molar refractivity (Wildman–Crippen MR) is 70.7 cm³/mol. The number of carbonyl (C=O) groups excluding carboxylic acids is 1. The van der Waals surface area contributed by atoms with E-state index >= 15 is 0 Å². The van der Waals surface area contributed by atoms with E-state index in [9.17, 15) is 14.7 Å². The van der Waals surface area contributed by atoms with Gasteiger partial charge in [-0.05, 0) is 11.8 Å². The van der Waals surface area contributed by atoms with E-state index in [4.69, 9.17) is 0 Å². The second-order valence-corrected chi connectivity index (χ2v) is 6.28. The number of carbonyl (C=O) groups is 2. The van der Waals surface area contributed by atoms with Gasteiger partial charge in [0.15, 0.2) is 0 Å². The lowest BCUT2D eigenvalue weighted by molar-refractivity contribution is -0.130. The smallest absolute Gasteiger partial charge is 0.407 e. The summed E-state index contributed by atoms with van der Waals surface area (Å²) in [5.41, 5.74) is -0.763. The maximum Gasteiger partial charge on any atom is 0.407 e. The van der Waals surface area contributed by atoms with Crippen LogP contribution < -0.4 is 0 Å². The van der Waals surface area contributed by atoms with Crippen LogP contribution in [0.3, 0.4) is 0 Å². The van der Waals surface area contributed by atoms with Gasteiger partial charge in [0.2, 0.25) is 0 Å². The highest BCUT2D eigenvalue weighted by Crippen LogP contribution is 2.45. The minimum Gasteiger partial charge on any atom is -0.465 e. The number of rotatable bonds is 3. The molecular formula is C14H25NO3. The second-order valence-electron chi connectivity index (χ2n) is 6.28. The fraction of sp³-hybridized carbons (Fsp3) is 0.857. The molecule has 4 nitrogen and oxygen atoms in total. The molecular weight excluding hydrogens is 230 g/mol. The summed E-state index contributed by atoms with van der Waals surface area (Å²) >= 11 is 0. The van der Waals surface area contributed by atoms with E-state index < -0.39 is 11.6 Å². The molecule has 0 aromatic carbocycles. The Bertz CT molecular complexity index is 332. The Morgan fingerprint density at radius 3 is 2.50 bits per heavy atom. The van der Waals surface area contributed by atoms with Crippen LogP contribution in [0.25, 0.3) is 0 Å². The van der Waals surface area contributed by atoms with E-state index in [1.54, 1.807) is 0 Å². The third-order valence-electron chi connectivity index (χ3n) is 4.19. The fourth-order valence-electron chi connectivity index (χ4n) is 2.98. The molecule has 0 radical (unpaired) electrons. The van der Waals surface area contributed by atoms with Crippen LogP contribution in [-0.4, -0.2) is 34.0 Å². The zero-order valence-electron chi connectivity index (χ0n) is 12.0. The standard InChI is InChI=1S/C14H25NO3/c1-5-6-8-14(13(2,3)4)10-11(16)7-9-15(14)12(17)18/h5-10H2,1-4H3,(H,17,18). The molecule has 104 valence electrons. The molecule has 0 aliphatic carbocycles. The van der Waals surface area contributed by atoms with Crippen molar-refractivity contribution in [2.45, 2.75) is 65.3 Å². The van der Waals surface area contributed by atoms with Gasteiger partial charge in [-0.25, -0.2) is 4.79 Å². The number of nitrogens with zero attached hydrogens (tertiary/aromatic N) is 1. The van der Waals surface area contributed by atoms with Gasteiger partial charge in [-0.1, -0.05) is 40.5 Å². The summed E-state index contributed by atoms with van der Waals surface area (Å²) in [4.78, 5) is 24.9. The number of unbranched alkanes of at least 4 members (excludes halogenated alkanes) is 1.